The maximum Gasteiger partial charge on any atom is 0.261 e. The van der Waals surface area contributed by atoms with Crippen LogP contribution >= 0.6 is 23.7 Å². The number of thiophene rings is 1. The molecule has 1 aliphatic rings. The van der Waals surface area contributed by atoms with E-state index in [1.54, 1.807) is 11.3 Å². The highest BCUT2D eigenvalue weighted by atomic mass is 35.5. The molecule has 1 aromatic heterocycles. The van der Waals surface area contributed by atoms with Crippen LogP contribution in [0.1, 0.15) is 39.9 Å². The molecule has 0 radical (unpaired) electrons. The molecule has 102 valence electrons. The summed E-state index contributed by atoms with van der Waals surface area (Å²) in [5.74, 6) is 0.0894. The van der Waals surface area contributed by atoms with Crippen LogP contribution in [0.25, 0.3) is 0 Å². The summed E-state index contributed by atoms with van der Waals surface area (Å²) in [6.45, 7) is 6.19. The third-order valence-electron chi connectivity index (χ3n) is 3.26. The van der Waals surface area contributed by atoms with Gasteiger partial charge in [-0.05, 0) is 44.4 Å². The molecule has 18 heavy (non-hydrogen) atoms. The Hall–Kier alpha value is -0.580. The van der Waals surface area contributed by atoms with Crippen LogP contribution < -0.4 is 10.6 Å². The van der Waals surface area contributed by atoms with Crippen LogP contribution in [0.3, 0.4) is 0 Å². The van der Waals surface area contributed by atoms with Crippen LogP contribution in [0.15, 0.2) is 6.07 Å². The van der Waals surface area contributed by atoms with Gasteiger partial charge in [0.2, 0.25) is 0 Å². The van der Waals surface area contributed by atoms with Crippen molar-refractivity contribution in [2.75, 3.05) is 13.1 Å². The molecule has 1 saturated heterocycles. The Balaban J connectivity index is 0.00000162. The lowest BCUT2D eigenvalue weighted by atomic mass is 10.1. The Morgan fingerprint density at radius 1 is 1.61 bits per heavy atom. The van der Waals surface area contributed by atoms with Crippen molar-refractivity contribution in [2.24, 2.45) is 0 Å². The minimum Gasteiger partial charge on any atom is -0.347 e. The number of aryl methyl sites for hydroxylation is 2. The largest absolute Gasteiger partial charge is 0.347 e. The van der Waals surface area contributed by atoms with Crippen molar-refractivity contribution < 1.29 is 4.79 Å². The molecule has 0 saturated carbocycles. The highest BCUT2D eigenvalue weighted by Gasteiger charge is 2.18. The highest BCUT2D eigenvalue weighted by molar-refractivity contribution is 7.14. The SMILES string of the molecule is CCc1cc(C(=O)N[C@H]2CCCNC2)sc1C.Cl. The number of piperidine rings is 1. The Morgan fingerprint density at radius 2 is 2.39 bits per heavy atom. The van der Waals surface area contributed by atoms with Gasteiger partial charge in [0.25, 0.3) is 5.91 Å². The van der Waals surface area contributed by atoms with Crippen molar-refractivity contribution in [3.63, 3.8) is 0 Å². The average molecular weight is 289 g/mol. The van der Waals surface area contributed by atoms with E-state index in [9.17, 15) is 4.79 Å². The molecule has 1 amide bonds. The molecule has 0 aromatic carbocycles. The Morgan fingerprint density at radius 3 is 2.94 bits per heavy atom. The number of carbonyl (C=O) groups is 1. The summed E-state index contributed by atoms with van der Waals surface area (Å²) in [7, 11) is 0. The molecule has 2 heterocycles. The first-order valence-corrected chi connectivity index (χ1v) is 7.13. The third-order valence-corrected chi connectivity index (χ3v) is 4.35. The smallest absolute Gasteiger partial charge is 0.261 e. The molecule has 5 heteroatoms. The van der Waals surface area contributed by atoms with Crippen LogP contribution in [0.4, 0.5) is 0 Å². The van der Waals surface area contributed by atoms with Gasteiger partial charge in [-0.2, -0.15) is 0 Å². The second kappa shape index (κ2) is 7.12. The Labute approximate surface area is 119 Å². The van der Waals surface area contributed by atoms with Gasteiger partial charge < -0.3 is 10.6 Å². The van der Waals surface area contributed by atoms with E-state index >= 15 is 0 Å². The summed E-state index contributed by atoms with van der Waals surface area (Å²) < 4.78 is 0. The zero-order chi connectivity index (χ0) is 12.3. The summed E-state index contributed by atoms with van der Waals surface area (Å²) >= 11 is 1.60. The van der Waals surface area contributed by atoms with Gasteiger partial charge in [-0.15, -0.1) is 23.7 Å². The predicted octanol–water partition coefficient (Wildman–Crippen LogP) is 2.52. The van der Waals surface area contributed by atoms with Crippen molar-refractivity contribution in [2.45, 2.75) is 39.2 Å². The van der Waals surface area contributed by atoms with Gasteiger partial charge in [0.05, 0.1) is 4.88 Å². The molecular weight excluding hydrogens is 268 g/mol. The number of rotatable bonds is 3. The molecule has 1 aliphatic heterocycles. The van der Waals surface area contributed by atoms with Gasteiger partial charge >= 0.3 is 0 Å². The number of halogens is 1. The second-order valence-electron chi connectivity index (χ2n) is 4.56. The fraction of sp³-hybridized carbons (Fsp3) is 0.615. The van der Waals surface area contributed by atoms with Crippen LogP contribution in [-0.4, -0.2) is 25.0 Å². The molecule has 2 N–H and O–H groups in total. The molecule has 0 unspecified atom stereocenters. The van der Waals surface area contributed by atoms with E-state index < -0.39 is 0 Å². The number of nitrogens with one attached hydrogen (secondary N) is 2. The lowest BCUT2D eigenvalue weighted by molar-refractivity contribution is 0.0935. The standard InChI is InChI=1S/C13H20N2OS.ClH/c1-3-10-7-12(17-9(10)2)13(16)15-11-5-4-6-14-8-11;/h7,11,14H,3-6,8H2,1-2H3,(H,15,16);1H/t11-;/m0./s1. The van der Waals surface area contributed by atoms with Crippen LogP contribution in [0.5, 0.6) is 0 Å². The first-order valence-electron chi connectivity index (χ1n) is 6.31. The van der Waals surface area contributed by atoms with Crippen LogP contribution in [0.2, 0.25) is 0 Å². The minimum absolute atomic E-state index is 0. The number of amides is 1. The molecular formula is C13H21ClN2OS. The lowest BCUT2D eigenvalue weighted by Crippen LogP contribution is -2.45. The van der Waals surface area contributed by atoms with E-state index in [4.69, 9.17) is 0 Å². The van der Waals surface area contributed by atoms with Crippen molar-refractivity contribution in [3.05, 3.63) is 21.4 Å². The molecule has 2 rings (SSSR count). The average Bonchev–Trinajstić information content (AvgIpc) is 2.72. The predicted molar refractivity (Wildman–Crippen MR) is 79.0 cm³/mol. The van der Waals surface area contributed by atoms with E-state index in [-0.39, 0.29) is 18.3 Å². The molecule has 0 spiro atoms. The van der Waals surface area contributed by atoms with Crippen molar-refractivity contribution in [3.8, 4) is 0 Å². The first-order chi connectivity index (χ1) is 8.20. The quantitative estimate of drug-likeness (QED) is 0.897. The molecule has 3 nitrogen and oxygen atoms in total. The van der Waals surface area contributed by atoms with Gasteiger partial charge in [-0.25, -0.2) is 0 Å². The van der Waals surface area contributed by atoms with Crippen molar-refractivity contribution in [1.82, 2.24) is 10.6 Å². The summed E-state index contributed by atoms with van der Waals surface area (Å²) in [5.41, 5.74) is 1.29. The molecule has 0 aliphatic carbocycles. The van der Waals surface area contributed by atoms with E-state index in [1.807, 2.05) is 6.07 Å². The van der Waals surface area contributed by atoms with Gasteiger partial charge in [0.15, 0.2) is 0 Å². The maximum atomic E-state index is 12.1. The summed E-state index contributed by atoms with van der Waals surface area (Å²) in [6.07, 6.45) is 3.24. The Bertz CT molecular complexity index is 400. The summed E-state index contributed by atoms with van der Waals surface area (Å²) in [5, 5.41) is 6.42. The number of hydrogen-bond donors (Lipinski definition) is 2. The van der Waals surface area contributed by atoms with E-state index in [0.29, 0.717) is 6.04 Å². The van der Waals surface area contributed by atoms with Gasteiger partial charge in [-0.1, -0.05) is 6.92 Å². The highest BCUT2D eigenvalue weighted by Crippen LogP contribution is 2.22. The zero-order valence-electron chi connectivity index (χ0n) is 10.9. The lowest BCUT2D eigenvalue weighted by Gasteiger charge is -2.23. The second-order valence-corrected chi connectivity index (χ2v) is 5.82. The first kappa shape index (κ1) is 15.5. The van der Waals surface area contributed by atoms with Crippen LogP contribution in [0, 0.1) is 6.92 Å². The Kier molecular flexibility index (Phi) is 6.12. The van der Waals surface area contributed by atoms with Gasteiger partial charge in [0, 0.05) is 17.5 Å². The number of carbonyl (C=O) groups excluding carboxylic acids is 1. The normalized spacial score (nSPS) is 19.1. The van der Waals surface area contributed by atoms with Gasteiger partial charge in [-0.3, -0.25) is 4.79 Å². The molecule has 1 fully saturated rings. The van der Waals surface area contributed by atoms with E-state index in [0.717, 1.165) is 37.2 Å². The fourth-order valence-corrected chi connectivity index (χ4v) is 3.23. The summed E-state index contributed by atoms with van der Waals surface area (Å²) in [4.78, 5) is 14.2. The zero-order valence-corrected chi connectivity index (χ0v) is 12.5. The minimum atomic E-state index is 0. The molecule has 0 bridgehead atoms. The fourth-order valence-electron chi connectivity index (χ4n) is 2.21. The van der Waals surface area contributed by atoms with Crippen molar-refractivity contribution >= 4 is 29.7 Å². The topological polar surface area (TPSA) is 41.1 Å². The van der Waals surface area contributed by atoms with Crippen molar-refractivity contribution in [1.29, 1.82) is 0 Å². The van der Waals surface area contributed by atoms with Crippen LogP contribution in [-0.2, 0) is 6.42 Å². The summed E-state index contributed by atoms with van der Waals surface area (Å²) in [6, 6.07) is 2.33. The molecule has 1 atom stereocenters. The molecule has 1 aromatic rings. The third kappa shape index (κ3) is 3.70. The number of hydrogen-bond acceptors (Lipinski definition) is 3. The van der Waals surface area contributed by atoms with E-state index in [1.165, 1.54) is 10.4 Å². The monoisotopic (exact) mass is 288 g/mol. The van der Waals surface area contributed by atoms with E-state index in [2.05, 4.69) is 24.5 Å². The maximum absolute atomic E-state index is 12.1. The van der Waals surface area contributed by atoms with Gasteiger partial charge in [0.1, 0.15) is 0 Å².